The highest BCUT2D eigenvalue weighted by molar-refractivity contribution is 7.99. The van der Waals surface area contributed by atoms with Crippen molar-refractivity contribution in [3.63, 3.8) is 0 Å². The van der Waals surface area contributed by atoms with Gasteiger partial charge in [-0.3, -0.25) is 10.5 Å². The maximum absolute atomic E-state index is 5.38. The van der Waals surface area contributed by atoms with Crippen LogP contribution in [0, 0.1) is 6.92 Å². The summed E-state index contributed by atoms with van der Waals surface area (Å²) >= 11 is 1.56. The summed E-state index contributed by atoms with van der Waals surface area (Å²) < 4.78 is 0. The molecule has 0 spiro atoms. The van der Waals surface area contributed by atoms with Crippen molar-refractivity contribution in [2.75, 3.05) is 5.43 Å². The first-order valence-electron chi connectivity index (χ1n) is 5.68. The molecule has 2 heterocycles. The highest BCUT2D eigenvalue weighted by Gasteiger charge is 2.10. The molecule has 0 saturated carbocycles. The molecule has 0 unspecified atom stereocenters. The van der Waals surface area contributed by atoms with Gasteiger partial charge >= 0.3 is 0 Å². The number of nitrogens with two attached hydrogens (primary N) is 1. The van der Waals surface area contributed by atoms with Crippen molar-refractivity contribution in [3.8, 4) is 0 Å². The topological polar surface area (TPSA) is 92.5 Å². The van der Waals surface area contributed by atoms with Crippen LogP contribution in [0.3, 0.4) is 0 Å². The number of nitrogens with zero attached hydrogens (tertiary/aromatic N) is 3. The van der Waals surface area contributed by atoms with Crippen LogP contribution in [0.2, 0.25) is 0 Å². The number of fused-ring (bicyclic) bond motifs is 1. The third-order valence-corrected chi connectivity index (χ3v) is 3.60. The first kappa shape index (κ1) is 11.9. The number of anilines is 1. The summed E-state index contributed by atoms with van der Waals surface area (Å²) in [6.45, 7) is 2.06. The van der Waals surface area contributed by atoms with Crippen molar-refractivity contribution in [1.82, 2.24) is 20.2 Å². The van der Waals surface area contributed by atoms with Crippen LogP contribution in [0.5, 0.6) is 0 Å². The van der Waals surface area contributed by atoms with Crippen molar-refractivity contribution >= 4 is 28.7 Å². The number of hydrazine groups is 1. The molecule has 6 nitrogen and oxygen atoms in total. The van der Waals surface area contributed by atoms with Gasteiger partial charge < -0.3 is 0 Å². The number of aryl methyl sites for hydroxylation is 1. The van der Waals surface area contributed by atoms with E-state index in [0.29, 0.717) is 11.6 Å². The average molecular weight is 272 g/mol. The van der Waals surface area contributed by atoms with E-state index in [9.17, 15) is 0 Å². The largest absolute Gasteiger partial charge is 0.292 e. The fourth-order valence-corrected chi connectivity index (χ4v) is 2.75. The Hall–Kier alpha value is -2.12. The smallest absolute Gasteiger partial charge is 0.240 e. The minimum atomic E-state index is 0.368. The molecule has 3 aromatic rings. The minimum absolute atomic E-state index is 0.368. The number of H-pyrrole nitrogens is 1. The van der Waals surface area contributed by atoms with E-state index in [1.807, 2.05) is 12.1 Å². The molecule has 4 N–H and O–H groups in total. The Balaban J connectivity index is 2.06. The van der Waals surface area contributed by atoms with Gasteiger partial charge in [-0.15, -0.1) is 0 Å². The normalized spacial score (nSPS) is 10.8. The van der Waals surface area contributed by atoms with Gasteiger partial charge in [0.25, 0.3) is 0 Å². The van der Waals surface area contributed by atoms with Crippen molar-refractivity contribution < 1.29 is 0 Å². The number of hydrogen-bond acceptors (Lipinski definition) is 6. The molecular weight excluding hydrogens is 260 g/mol. The van der Waals surface area contributed by atoms with Gasteiger partial charge in [-0.2, -0.15) is 10.1 Å². The van der Waals surface area contributed by atoms with Gasteiger partial charge in [0.15, 0.2) is 5.65 Å². The van der Waals surface area contributed by atoms with E-state index in [1.54, 1.807) is 18.0 Å². The van der Waals surface area contributed by atoms with Gasteiger partial charge in [-0.25, -0.2) is 10.8 Å². The highest BCUT2D eigenvalue weighted by atomic mass is 32.2. The lowest BCUT2D eigenvalue weighted by molar-refractivity contribution is 1.05. The zero-order valence-electron chi connectivity index (χ0n) is 10.2. The van der Waals surface area contributed by atoms with Crippen molar-refractivity contribution in [1.29, 1.82) is 0 Å². The zero-order chi connectivity index (χ0) is 13.2. The molecule has 0 fully saturated rings. The number of aromatic nitrogens is 4. The summed E-state index contributed by atoms with van der Waals surface area (Å²) in [6, 6.07) is 8.23. The molecular formula is C12H12N6S. The van der Waals surface area contributed by atoms with Crippen LogP contribution >= 0.6 is 11.8 Å². The number of hydrogen-bond donors (Lipinski definition) is 3. The number of nitrogen functional groups attached to an aromatic ring is 1. The van der Waals surface area contributed by atoms with Crippen LogP contribution in [0.4, 0.5) is 5.95 Å². The molecule has 0 aliphatic rings. The Morgan fingerprint density at radius 2 is 2.21 bits per heavy atom. The number of benzene rings is 1. The standard InChI is InChI=1S/C12H12N6S/c1-7-3-2-4-8(5-7)19-11-9-6-14-18-10(9)15-12(16-11)17-13/h2-6H,13H2,1H3,(H2,14,15,16,17,18). The predicted molar refractivity (Wildman–Crippen MR) is 74.8 cm³/mol. The third kappa shape index (κ3) is 2.38. The maximum Gasteiger partial charge on any atom is 0.240 e. The summed E-state index contributed by atoms with van der Waals surface area (Å²) in [7, 11) is 0. The van der Waals surface area contributed by atoms with Gasteiger partial charge in [0.1, 0.15) is 5.03 Å². The van der Waals surface area contributed by atoms with Crippen LogP contribution < -0.4 is 11.3 Å². The molecule has 19 heavy (non-hydrogen) atoms. The van der Waals surface area contributed by atoms with E-state index in [4.69, 9.17) is 5.84 Å². The molecule has 0 saturated heterocycles. The highest BCUT2D eigenvalue weighted by Crippen LogP contribution is 2.31. The molecule has 0 atom stereocenters. The second-order valence-electron chi connectivity index (χ2n) is 4.05. The van der Waals surface area contributed by atoms with Gasteiger partial charge in [0.05, 0.1) is 11.6 Å². The summed E-state index contributed by atoms with van der Waals surface area (Å²) in [6.07, 6.45) is 1.72. The second-order valence-corrected chi connectivity index (χ2v) is 5.11. The molecule has 3 rings (SSSR count). The van der Waals surface area contributed by atoms with E-state index in [0.717, 1.165) is 15.3 Å². The average Bonchev–Trinajstić information content (AvgIpc) is 2.87. The molecule has 0 aliphatic heterocycles. The summed E-state index contributed by atoms with van der Waals surface area (Å²) in [5.74, 6) is 5.74. The van der Waals surface area contributed by atoms with Gasteiger partial charge in [-0.05, 0) is 19.1 Å². The molecule has 2 aromatic heterocycles. The van der Waals surface area contributed by atoms with E-state index >= 15 is 0 Å². The summed E-state index contributed by atoms with van der Waals surface area (Å²) in [4.78, 5) is 9.68. The van der Waals surface area contributed by atoms with Gasteiger partial charge in [0.2, 0.25) is 5.95 Å². The molecule has 1 aromatic carbocycles. The Morgan fingerprint density at radius 3 is 3.00 bits per heavy atom. The molecule has 0 aliphatic carbocycles. The second kappa shape index (κ2) is 4.87. The van der Waals surface area contributed by atoms with Crippen molar-refractivity contribution in [2.45, 2.75) is 16.8 Å². The maximum atomic E-state index is 5.38. The quantitative estimate of drug-likeness (QED) is 0.384. The Morgan fingerprint density at radius 1 is 1.32 bits per heavy atom. The van der Waals surface area contributed by atoms with E-state index in [2.05, 4.69) is 44.6 Å². The Kier molecular flexibility index (Phi) is 3.06. The Bertz CT molecular complexity index is 723. The lowest BCUT2D eigenvalue weighted by Crippen LogP contribution is -2.10. The fraction of sp³-hybridized carbons (Fsp3) is 0.0833. The SMILES string of the molecule is Cc1cccc(Sc2nc(NN)nc3[nH]ncc23)c1. The first-order chi connectivity index (χ1) is 9.26. The number of rotatable bonds is 3. The molecule has 0 radical (unpaired) electrons. The van der Waals surface area contributed by atoms with Gasteiger partial charge in [-0.1, -0.05) is 29.5 Å². The number of aromatic amines is 1. The van der Waals surface area contributed by atoms with E-state index in [1.165, 1.54) is 5.56 Å². The zero-order valence-corrected chi connectivity index (χ0v) is 11.0. The van der Waals surface area contributed by atoms with Crippen LogP contribution in [0.1, 0.15) is 5.56 Å². The van der Waals surface area contributed by atoms with Crippen LogP contribution in [0.25, 0.3) is 11.0 Å². The fourth-order valence-electron chi connectivity index (χ4n) is 1.74. The predicted octanol–water partition coefficient (Wildman–Crippen LogP) is 2.10. The number of nitrogens with one attached hydrogen (secondary N) is 2. The molecule has 96 valence electrons. The lowest BCUT2D eigenvalue weighted by Gasteiger charge is -2.05. The Labute approximate surface area is 113 Å². The minimum Gasteiger partial charge on any atom is -0.292 e. The van der Waals surface area contributed by atoms with Crippen LogP contribution in [0.15, 0.2) is 40.4 Å². The molecule has 0 amide bonds. The molecule has 0 bridgehead atoms. The summed E-state index contributed by atoms with van der Waals surface area (Å²) in [5, 5.41) is 8.51. The van der Waals surface area contributed by atoms with Crippen molar-refractivity contribution in [2.24, 2.45) is 5.84 Å². The van der Waals surface area contributed by atoms with Gasteiger partial charge in [0, 0.05) is 4.90 Å². The van der Waals surface area contributed by atoms with Crippen LogP contribution in [-0.4, -0.2) is 20.2 Å². The molecule has 7 heteroatoms. The summed E-state index contributed by atoms with van der Waals surface area (Å²) in [5.41, 5.74) is 4.34. The third-order valence-electron chi connectivity index (χ3n) is 2.61. The van der Waals surface area contributed by atoms with E-state index in [-0.39, 0.29) is 0 Å². The first-order valence-corrected chi connectivity index (χ1v) is 6.50. The monoisotopic (exact) mass is 272 g/mol. The van der Waals surface area contributed by atoms with E-state index < -0.39 is 0 Å². The lowest BCUT2D eigenvalue weighted by atomic mass is 10.2. The van der Waals surface area contributed by atoms with Crippen LogP contribution in [-0.2, 0) is 0 Å². The van der Waals surface area contributed by atoms with Crippen molar-refractivity contribution in [3.05, 3.63) is 36.0 Å².